The Bertz CT molecular complexity index is 1300. The normalized spacial score (nSPS) is 11.7. The van der Waals surface area contributed by atoms with Gasteiger partial charge in [0, 0.05) is 24.4 Å². The first-order valence-corrected chi connectivity index (χ1v) is 8.08. The molecule has 0 radical (unpaired) electrons. The maximum absolute atomic E-state index is 12.5. The van der Waals surface area contributed by atoms with Crippen LogP contribution in [0.4, 0.5) is 0 Å². The Balaban J connectivity index is 1.94. The van der Waals surface area contributed by atoms with Crippen LogP contribution in [0.15, 0.2) is 53.6 Å². The highest BCUT2D eigenvalue weighted by Crippen LogP contribution is 2.24. The van der Waals surface area contributed by atoms with E-state index < -0.39 is 0 Å². The number of hydrogen-bond donors (Lipinski definition) is 1. The number of hydrogen-bond acceptors (Lipinski definition) is 4. The summed E-state index contributed by atoms with van der Waals surface area (Å²) in [6.07, 6.45) is 3.34. The number of aryl methyl sites for hydroxylation is 1. The van der Waals surface area contributed by atoms with Gasteiger partial charge in [-0.25, -0.2) is 14.2 Å². The summed E-state index contributed by atoms with van der Waals surface area (Å²) in [5.41, 5.74) is 3.74. The van der Waals surface area contributed by atoms with Crippen LogP contribution in [-0.4, -0.2) is 29.4 Å². The third-order valence-corrected chi connectivity index (χ3v) is 4.41. The van der Waals surface area contributed by atoms with Crippen molar-refractivity contribution in [2.45, 2.75) is 13.5 Å². The third-order valence-electron chi connectivity index (χ3n) is 4.41. The van der Waals surface area contributed by atoms with Crippen molar-refractivity contribution in [1.82, 2.24) is 29.4 Å². The van der Waals surface area contributed by atoms with E-state index in [1.165, 1.54) is 0 Å². The molecule has 4 heterocycles. The van der Waals surface area contributed by atoms with E-state index in [0.29, 0.717) is 17.6 Å². The van der Waals surface area contributed by atoms with Crippen molar-refractivity contribution in [2.75, 3.05) is 0 Å². The van der Waals surface area contributed by atoms with Crippen molar-refractivity contribution in [1.29, 1.82) is 0 Å². The van der Waals surface area contributed by atoms with Gasteiger partial charge >= 0.3 is 0 Å². The molecular formula is C18H14N6O. The Morgan fingerprint density at radius 2 is 1.96 bits per heavy atom. The van der Waals surface area contributed by atoms with E-state index in [4.69, 9.17) is 5.10 Å². The monoisotopic (exact) mass is 330 g/mol. The summed E-state index contributed by atoms with van der Waals surface area (Å²) in [5, 5.41) is 10.4. The minimum absolute atomic E-state index is 0.180. The molecule has 0 spiro atoms. The molecule has 7 heteroatoms. The van der Waals surface area contributed by atoms with Gasteiger partial charge in [-0.2, -0.15) is 10.2 Å². The fourth-order valence-corrected chi connectivity index (χ4v) is 3.21. The number of pyridine rings is 1. The third kappa shape index (κ3) is 1.92. The molecular weight excluding hydrogens is 316 g/mol. The lowest BCUT2D eigenvalue weighted by Gasteiger charge is -2.03. The summed E-state index contributed by atoms with van der Waals surface area (Å²) >= 11 is 0. The van der Waals surface area contributed by atoms with Crippen molar-refractivity contribution in [2.24, 2.45) is 0 Å². The molecule has 0 atom stereocenters. The lowest BCUT2D eigenvalue weighted by Crippen LogP contribution is -2.11. The zero-order valence-electron chi connectivity index (χ0n) is 13.5. The summed E-state index contributed by atoms with van der Waals surface area (Å²) in [6.45, 7) is 2.72. The van der Waals surface area contributed by atoms with Gasteiger partial charge < -0.3 is 4.98 Å². The maximum atomic E-state index is 12.5. The van der Waals surface area contributed by atoms with Crippen molar-refractivity contribution in [3.63, 3.8) is 0 Å². The Hall–Kier alpha value is -3.48. The van der Waals surface area contributed by atoms with Gasteiger partial charge in [0.25, 0.3) is 5.56 Å². The first-order valence-electron chi connectivity index (χ1n) is 8.08. The number of rotatable bonds is 2. The van der Waals surface area contributed by atoms with Crippen LogP contribution in [0.1, 0.15) is 6.92 Å². The summed E-state index contributed by atoms with van der Waals surface area (Å²) in [7, 11) is 0. The number of nitrogens with zero attached hydrogens (tertiary/aromatic N) is 5. The van der Waals surface area contributed by atoms with Crippen LogP contribution in [0.3, 0.4) is 0 Å². The molecule has 0 saturated carbocycles. The van der Waals surface area contributed by atoms with Crippen molar-refractivity contribution in [3.05, 3.63) is 59.1 Å². The lowest BCUT2D eigenvalue weighted by molar-refractivity contribution is 0.677. The highest BCUT2D eigenvalue weighted by Gasteiger charge is 2.15. The molecule has 122 valence electrons. The van der Waals surface area contributed by atoms with Crippen LogP contribution in [0.2, 0.25) is 0 Å². The predicted molar refractivity (Wildman–Crippen MR) is 95.5 cm³/mol. The summed E-state index contributed by atoms with van der Waals surface area (Å²) in [4.78, 5) is 19.8. The number of aromatic nitrogens is 6. The van der Waals surface area contributed by atoms with Gasteiger partial charge in [0.05, 0.1) is 28.2 Å². The molecule has 0 saturated heterocycles. The predicted octanol–water partition coefficient (Wildman–Crippen LogP) is 2.61. The quantitative estimate of drug-likeness (QED) is 0.539. The molecule has 0 aliphatic rings. The van der Waals surface area contributed by atoms with Gasteiger partial charge in [-0.05, 0) is 6.92 Å². The number of benzene rings is 1. The smallest absolute Gasteiger partial charge is 0.260 e. The second-order valence-electron chi connectivity index (χ2n) is 5.86. The van der Waals surface area contributed by atoms with Gasteiger partial charge in [-0.3, -0.25) is 4.79 Å². The molecule has 0 bridgehead atoms. The van der Waals surface area contributed by atoms with Gasteiger partial charge in [-0.1, -0.05) is 30.3 Å². The number of H-pyrrole nitrogens is 1. The highest BCUT2D eigenvalue weighted by atomic mass is 16.1. The van der Waals surface area contributed by atoms with Crippen molar-refractivity contribution in [3.8, 4) is 11.3 Å². The maximum Gasteiger partial charge on any atom is 0.260 e. The van der Waals surface area contributed by atoms with Crippen LogP contribution in [0.25, 0.3) is 38.8 Å². The molecule has 5 aromatic rings. The van der Waals surface area contributed by atoms with Crippen molar-refractivity contribution >= 4 is 27.6 Å². The number of aromatic amines is 1. The molecule has 7 nitrogen and oxygen atoms in total. The Kier molecular flexibility index (Phi) is 2.79. The molecule has 5 rings (SSSR count). The van der Waals surface area contributed by atoms with E-state index in [2.05, 4.69) is 15.1 Å². The van der Waals surface area contributed by atoms with Crippen LogP contribution < -0.4 is 5.56 Å². The molecule has 0 fully saturated rings. The van der Waals surface area contributed by atoms with E-state index >= 15 is 0 Å². The fourth-order valence-electron chi connectivity index (χ4n) is 3.21. The topological polar surface area (TPSA) is 80.9 Å². The standard InChI is InChI=1S/C18H14N6O/c1-2-23-17-12(10-20-23)16-13(9-19-17)18(25)21-15-8-14(22-24(15)16)11-6-4-3-5-7-11/h3-10H,2H2,1H3,(H,21,25). The molecule has 25 heavy (non-hydrogen) atoms. The van der Waals surface area contributed by atoms with Crippen LogP contribution in [0.5, 0.6) is 0 Å². The minimum Gasteiger partial charge on any atom is -0.306 e. The summed E-state index contributed by atoms with van der Waals surface area (Å²) in [6, 6.07) is 11.8. The first-order chi connectivity index (χ1) is 12.3. The first kappa shape index (κ1) is 13.9. The Labute approximate surface area is 141 Å². The van der Waals surface area contributed by atoms with E-state index in [1.54, 1.807) is 16.9 Å². The minimum atomic E-state index is -0.180. The molecule has 4 aromatic heterocycles. The summed E-state index contributed by atoms with van der Waals surface area (Å²) < 4.78 is 3.58. The van der Waals surface area contributed by atoms with Gasteiger partial charge in [-0.15, -0.1) is 0 Å². The molecule has 0 aliphatic heterocycles. The van der Waals surface area contributed by atoms with Crippen LogP contribution >= 0.6 is 0 Å². The zero-order valence-corrected chi connectivity index (χ0v) is 13.5. The van der Waals surface area contributed by atoms with Crippen LogP contribution in [-0.2, 0) is 6.54 Å². The molecule has 1 aromatic carbocycles. The average molecular weight is 330 g/mol. The molecule has 0 amide bonds. The average Bonchev–Trinajstić information content (AvgIpc) is 3.25. The molecule has 0 unspecified atom stereocenters. The van der Waals surface area contributed by atoms with E-state index in [-0.39, 0.29) is 5.56 Å². The second-order valence-corrected chi connectivity index (χ2v) is 5.86. The van der Waals surface area contributed by atoms with Gasteiger partial charge in [0.15, 0.2) is 5.65 Å². The lowest BCUT2D eigenvalue weighted by atomic mass is 10.2. The van der Waals surface area contributed by atoms with E-state index in [1.807, 2.05) is 48.0 Å². The molecule has 0 aliphatic carbocycles. The number of fused-ring (bicyclic) bond motifs is 5. The van der Waals surface area contributed by atoms with Crippen LogP contribution in [0, 0.1) is 0 Å². The van der Waals surface area contributed by atoms with Gasteiger partial charge in [0.1, 0.15) is 5.65 Å². The van der Waals surface area contributed by atoms with E-state index in [0.717, 1.165) is 27.8 Å². The Morgan fingerprint density at radius 3 is 2.76 bits per heavy atom. The van der Waals surface area contributed by atoms with Crippen molar-refractivity contribution < 1.29 is 0 Å². The zero-order chi connectivity index (χ0) is 17.0. The van der Waals surface area contributed by atoms with Gasteiger partial charge in [0.2, 0.25) is 0 Å². The number of nitrogens with one attached hydrogen (secondary N) is 1. The highest BCUT2D eigenvalue weighted by molar-refractivity contribution is 6.02. The molecule has 1 N–H and O–H groups in total. The fraction of sp³-hybridized carbons (Fsp3) is 0.111. The Morgan fingerprint density at radius 1 is 1.12 bits per heavy atom. The second kappa shape index (κ2) is 5.01. The SMILES string of the molecule is CCn1ncc2c1ncc1c(=O)[nH]c3cc(-c4ccccc4)nn3c12. The largest absolute Gasteiger partial charge is 0.306 e. The van der Waals surface area contributed by atoms with E-state index in [9.17, 15) is 4.79 Å². The summed E-state index contributed by atoms with van der Waals surface area (Å²) in [5.74, 6) is 0.